The van der Waals surface area contributed by atoms with Gasteiger partial charge in [0.1, 0.15) is 11.6 Å². The van der Waals surface area contributed by atoms with Gasteiger partial charge in [-0.05, 0) is 50.3 Å². The molecule has 2 aromatic rings. The molecule has 4 heteroatoms. The second kappa shape index (κ2) is 10.6. The summed E-state index contributed by atoms with van der Waals surface area (Å²) in [6.45, 7) is 7.79. The van der Waals surface area contributed by atoms with Crippen LogP contribution in [0.25, 0.3) is 0 Å². The fraction of sp³-hybridized carbons (Fsp3) is 0.500. The minimum absolute atomic E-state index is 0.0870. The minimum Gasteiger partial charge on any atom is -0.379 e. The van der Waals surface area contributed by atoms with E-state index in [1.807, 2.05) is 35.2 Å². The van der Waals surface area contributed by atoms with Gasteiger partial charge in [-0.3, -0.25) is 0 Å². The number of nitrogens with zero attached hydrogens (tertiary/aromatic N) is 1. The molecule has 1 atom stereocenters. The summed E-state index contributed by atoms with van der Waals surface area (Å²) in [5.74, 6) is -0.532. The molecule has 0 spiro atoms. The lowest BCUT2D eigenvalue weighted by atomic mass is 9.95. The first-order chi connectivity index (χ1) is 13.3. The first-order valence-corrected chi connectivity index (χ1v) is 10.1. The zero-order valence-corrected chi connectivity index (χ0v) is 17.6. The number of rotatable bonds is 11. The molecule has 0 saturated heterocycles. The highest BCUT2D eigenvalue weighted by atomic mass is 19.1. The zero-order chi connectivity index (χ0) is 20.6. The van der Waals surface area contributed by atoms with Crippen molar-refractivity contribution in [3.05, 3.63) is 65.7 Å². The Hall–Kier alpha value is -1.94. The maximum Gasteiger partial charge on any atom is 0.149 e. The van der Waals surface area contributed by atoms with Crippen molar-refractivity contribution in [2.24, 2.45) is 5.92 Å². The molecule has 0 amide bonds. The Labute approximate surface area is 168 Å². The predicted octanol–water partition coefficient (Wildman–Crippen LogP) is 6.59. The van der Waals surface area contributed by atoms with Crippen molar-refractivity contribution in [3.63, 3.8) is 0 Å². The lowest BCUT2D eigenvalue weighted by molar-refractivity contribution is 0.0127. The van der Waals surface area contributed by atoms with E-state index < -0.39 is 11.6 Å². The van der Waals surface area contributed by atoms with E-state index in [1.54, 1.807) is 13.2 Å². The molecule has 0 radical (unpaired) electrons. The number of ether oxygens (including phenoxy) is 1. The molecule has 154 valence electrons. The molecule has 2 nitrogen and oxygen atoms in total. The number of hydrogen-bond donors (Lipinski definition) is 0. The van der Waals surface area contributed by atoms with E-state index in [0.29, 0.717) is 18.2 Å². The molecule has 0 aliphatic heterocycles. The predicted molar refractivity (Wildman–Crippen MR) is 113 cm³/mol. The standard InChI is InChI=1S/C24H33F2NO/c1-19(9-8-15-24(2,3)28-4)14-16-27(18-20-10-6-5-7-11-20)23-13-12-21(25)17-22(23)26/h5-7,10-13,17,19H,8-9,14-16,18H2,1-4H3. The van der Waals surface area contributed by atoms with Gasteiger partial charge in [-0.2, -0.15) is 0 Å². The van der Waals surface area contributed by atoms with E-state index in [9.17, 15) is 8.78 Å². The topological polar surface area (TPSA) is 12.5 Å². The second-order valence-corrected chi connectivity index (χ2v) is 8.25. The molecule has 0 aromatic heterocycles. The van der Waals surface area contributed by atoms with Crippen LogP contribution in [0.15, 0.2) is 48.5 Å². The highest BCUT2D eigenvalue weighted by Gasteiger charge is 2.17. The number of benzene rings is 2. The molecule has 0 aliphatic carbocycles. The van der Waals surface area contributed by atoms with Crippen molar-refractivity contribution in [2.45, 2.75) is 58.6 Å². The Balaban J connectivity index is 1.99. The minimum atomic E-state index is -0.546. The Kier molecular flexibility index (Phi) is 8.43. The fourth-order valence-electron chi connectivity index (χ4n) is 3.33. The van der Waals surface area contributed by atoms with Crippen LogP contribution in [0.5, 0.6) is 0 Å². The van der Waals surface area contributed by atoms with Gasteiger partial charge in [0, 0.05) is 26.3 Å². The zero-order valence-electron chi connectivity index (χ0n) is 17.6. The Morgan fingerprint density at radius 1 is 1.04 bits per heavy atom. The van der Waals surface area contributed by atoms with Crippen LogP contribution < -0.4 is 4.90 Å². The van der Waals surface area contributed by atoms with E-state index in [0.717, 1.165) is 43.9 Å². The molecule has 28 heavy (non-hydrogen) atoms. The summed E-state index contributed by atoms with van der Waals surface area (Å²) in [5, 5.41) is 0. The molecule has 1 unspecified atom stereocenters. The van der Waals surface area contributed by atoms with Crippen LogP contribution >= 0.6 is 0 Å². The SMILES string of the molecule is COC(C)(C)CCCC(C)CCN(Cc1ccccc1)c1ccc(F)cc1F. The van der Waals surface area contributed by atoms with Crippen molar-refractivity contribution in [2.75, 3.05) is 18.6 Å². The van der Waals surface area contributed by atoms with Crippen LogP contribution in [0.4, 0.5) is 14.5 Å². The van der Waals surface area contributed by atoms with Gasteiger partial charge in [0.2, 0.25) is 0 Å². The Morgan fingerprint density at radius 2 is 1.75 bits per heavy atom. The van der Waals surface area contributed by atoms with Gasteiger partial charge in [-0.15, -0.1) is 0 Å². The van der Waals surface area contributed by atoms with E-state index >= 15 is 0 Å². The van der Waals surface area contributed by atoms with Crippen LogP contribution in [0, 0.1) is 17.6 Å². The van der Waals surface area contributed by atoms with Crippen molar-refractivity contribution in [3.8, 4) is 0 Å². The van der Waals surface area contributed by atoms with Gasteiger partial charge >= 0.3 is 0 Å². The molecule has 0 fully saturated rings. The van der Waals surface area contributed by atoms with E-state index in [1.165, 1.54) is 6.07 Å². The van der Waals surface area contributed by atoms with E-state index in [-0.39, 0.29) is 5.60 Å². The summed E-state index contributed by atoms with van der Waals surface area (Å²) in [6.07, 6.45) is 4.19. The summed E-state index contributed by atoms with van der Waals surface area (Å²) in [7, 11) is 1.75. The van der Waals surface area contributed by atoms with Crippen molar-refractivity contribution in [1.82, 2.24) is 0 Å². The Bertz CT molecular complexity index is 718. The first kappa shape index (κ1) is 22.4. The average Bonchev–Trinajstić information content (AvgIpc) is 2.66. The third kappa shape index (κ3) is 7.23. The van der Waals surface area contributed by atoms with Crippen LogP contribution in [0.1, 0.15) is 52.0 Å². The van der Waals surface area contributed by atoms with Crippen LogP contribution in [-0.4, -0.2) is 19.3 Å². The number of halogens is 2. The molecular weight excluding hydrogens is 356 g/mol. The molecule has 0 aliphatic rings. The molecule has 0 saturated carbocycles. The molecule has 0 heterocycles. The summed E-state index contributed by atoms with van der Waals surface area (Å²) in [6, 6.07) is 13.8. The van der Waals surface area contributed by atoms with Gasteiger partial charge in [-0.25, -0.2) is 8.78 Å². The highest BCUT2D eigenvalue weighted by molar-refractivity contribution is 5.48. The van der Waals surface area contributed by atoms with E-state index in [4.69, 9.17) is 4.74 Å². The highest BCUT2D eigenvalue weighted by Crippen LogP contribution is 2.25. The van der Waals surface area contributed by atoms with Gasteiger partial charge in [0.15, 0.2) is 0 Å². The lowest BCUT2D eigenvalue weighted by Gasteiger charge is -2.27. The van der Waals surface area contributed by atoms with Gasteiger partial charge in [-0.1, -0.05) is 50.1 Å². The number of anilines is 1. The monoisotopic (exact) mass is 389 g/mol. The maximum atomic E-state index is 14.4. The molecule has 2 rings (SSSR count). The number of hydrogen-bond acceptors (Lipinski definition) is 2. The second-order valence-electron chi connectivity index (χ2n) is 8.25. The van der Waals surface area contributed by atoms with Crippen LogP contribution in [0.3, 0.4) is 0 Å². The fourth-order valence-corrected chi connectivity index (χ4v) is 3.33. The summed E-state index contributed by atoms with van der Waals surface area (Å²) < 4.78 is 33.2. The third-order valence-corrected chi connectivity index (χ3v) is 5.39. The van der Waals surface area contributed by atoms with Gasteiger partial charge < -0.3 is 9.64 Å². The molecular formula is C24H33F2NO. The maximum absolute atomic E-state index is 14.4. The normalized spacial score (nSPS) is 12.8. The van der Waals surface area contributed by atoms with Crippen LogP contribution in [0.2, 0.25) is 0 Å². The summed E-state index contributed by atoms with van der Waals surface area (Å²) >= 11 is 0. The first-order valence-electron chi connectivity index (χ1n) is 10.1. The van der Waals surface area contributed by atoms with Crippen molar-refractivity contribution in [1.29, 1.82) is 0 Å². The van der Waals surface area contributed by atoms with Gasteiger partial charge in [0.05, 0.1) is 11.3 Å². The smallest absolute Gasteiger partial charge is 0.149 e. The number of methoxy groups -OCH3 is 1. The lowest BCUT2D eigenvalue weighted by Crippen LogP contribution is -2.26. The van der Waals surface area contributed by atoms with Crippen molar-refractivity contribution < 1.29 is 13.5 Å². The molecule has 2 aromatic carbocycles. The largest absolute Gasteiger partial charge is 0.379 e. The van der Waals surface area contributed by atoms with Gasteiger partial charge in [0.25, 0.3) is 0 Å². The van der Waals surface area contributed by atoms with Crippen LogP contribution in [-0.2, 0) is 11.3 Å². The third-order valence-electron chi connectivity index (χ3n) is 5.39. The van der Waals surface area contributed by atoms with Crippen molar-refractivity contribution >= 4 is 5.69 Å². The summed E-state index contributed by atoms with van der Waals surface area (Å²) in [4.78, 5) is 2.01. The quantitative estimate of drug-likeness (QED) is 0.430. The average molecular weight is 390 g/mol. The summed E-state index contributed by atoms with van der Waals surface area (Å²) in [5.41, 5.74) is 1.48. The van der Waals surface area contributed by atoms with E-state index in [2.05, 4.69) is 20.8 Å². The Morgan fingerprint density at radius 3 is 2.39 bits per heavy atom. The molecule has 0 bridgehead atoms. The molecule has 0 N–H and O–H groups in total.